The fourth-order valence-corrected chi connectivity index (χ4v) is 4.59. The highest BCUT2D eigenvalue weighted by Gasteiger charge is 2.33. The number of hydrogen-bond acceptors (Lipinski definition) is 7. The second-order valence-corrected chi connectivity index (χ2v) is 8.92. The van der Waals surface area contributed by atoms with Crippen LogP contribution in [-0.4, -0.2) is 44.6 Å². The van der Waals surface area contributed by atoms with Crippen molar-refractivity contribution in [3.05, 3.63) is 48.3 Å². The molecule has 10 heteroatoms. The molecule has 2 N–H and O–H groups in total. The van der Waals surface area contributed by atoms with Crippen LogP contribution in [0.25, 0.3) is 0 Å². The molecule has 4 rings (SSSR count). The number of nitrogens with zero attached hydrogens (tertiary/aromatic N) is 1. The Kier molecular flexibility index (Phi) is 5.10. The maximum Gasteiger partial charge on any atom is 0.309 e. The van der Waals surface area contributed by atoms with Crippen LogP contribution in [0.15, 0.2) is 47.6 Å². The van der Waals surface area contributed by atoms with E-state index in [2.05, 4.69) is 15.6 Å². The Balaban J connectivity index is 1.58. The summed E-state index contributed by atoms with van der Waals surface area (Å²) in [5.41, 5.74) is 0.396. The summed E-state index contributed by atoms with van der Waals surface area (Å²) in [6.45, 7) is -0.254. The van der Waals surface area contributed by atoms with Gasteiger partial charge in [-0.2, -0.15) is 0 Å². The average Bonchev–Trinajstić information content (AvgIpc) is 3.40. The van der Waals surface area contributed by atoms with Gasteiger partial charge in [0.15, 0.2) is 21.3 Å². The second kappa shape index (κ2) is 7.70. The molecule has 0 radical (unpaired) electrons. The smallest absolute Gasteiger partial charge is 0.309 e. The van der Waals surface area contributed by atoms with Crippen LogP contribution in [0.1, 0.15) is 23.7 Å². The Morgan fingerprint density at radius 2 is 1.93 bits per heavy atom. The van der Waals surface area contributed by atoms with Crippen molar-refractivity contribution in [2.45, 2.75) is 29.0 Å². The van der Waals surface area contributed by atoms with Gasteiger partial charge in [-0.15, -0.1) is 0 Å². The molecule has 1 aliphatic heterocycles. The highest BCUT2D eigenvalue weighted by molar-refractivity contribution is 7.91. The molecule has 2 heterocycles. The third kappa shape index (κ3) is 4.16. The molecule has 1 atom stereocenters. The molecule has 1 aromatic carbocycles. The Hall–Kier alpha value is -3.14. The first-order valence-corrected chi connectivity index (χ1v) is 10.6. The number of benzene rings is 1. The van der Waals surface area contributed by atoms with Crippen LogP contribution < -0.4 is 20.1 Å². The highest BCUT2D eigenvalue weighted by Crippen LogP contribution is 2.37. The van der Waals surface area contributed by atoms with Gasteiger partial charge in [-0.05, 0) is 36.6 Å². The van der Waals surface area contributed by atoms with Gasteiger partial charge in [0.2, 0.25) is 6.79 Å². The number of sulfone groups is 1. The van der Waals surface area contributed by atoms with Gasteiger partial charge in [-0.25, -0.2) is 8.42 Å². The molecular weight excluding hydrogens is 398 g/mol. The molecule has 1 aliphatic carbocycles. The quantitative estimate of drug-likeness (QED) is 0.664. The summed E-state index contributed by atoms with van der Waals surface area (Å²) >= 11 is 0. The highest BCUT2D eigenvalue weighted by atomic mass is 32.2. The van der Waals surface area contributed by atoms with Gasteiger partial charge >= 0.3 is 11.8 Å². The first-order valence-electron chi connectivity index (χ1n) is 9.07. The minimum atomic E-state index is -3.93. The monoisotopic (exact) mass is 417 g/mol. The molecule has 2 amide bonds. The van der Waals surface area contributed by atoms with Gasteiger partial charge in [-0.1, -0.05) is 6.07 Å². The number of fused-ring (bicyclic) bond motifs is 1. The lowest BCUT2D eigenvalue weighted by Crippen LogP contribution is -2.43. The number of carbonyl (C=O) groups is 2. The van der Waals surface area contributed by atoms with Gasteiger partial charge < -0.3 is 20.1 Å². The van der Waals surface area contributed by atoms with Crippen molar-refractivity contribution in [1.82, 2.24) is 15.6 Å². The molecule has 1 aromatic heterocycles. The molecule has 0 saturated heterocycles. The van der Waals surface area contributed by atoms with Crippen LogP contribution >= 0.6 is 0 Å². The standard InChI is InChI=1S/C19H19N3O6S/c23-18(19(24)22-13-3-4-13)21-10-17(12-2-1-7-20-9-12)29(25,26)14-5-6-15-16(8-14)28-11-27-15/h1-2,5-9,13,17H,3-4,10-11H2,(H,21,23)(H,22,24)/t17-/m0/s1. The first-order chi connectivity index (χ1) is 13.9. The molecular formula is C19H19N3O6S. The van der Waals surface area contributed by atoms with Crippen molar-refractivity contribution in [1.29, 1.82) is 0 Å². The van der Waals surface area contributed by atoms with Crippen molar-refractivity contribution in [2.24, 2.45) is 0 Å². The third-order valence-corrected chi connectivity index (χ3v) is 6.77. The molecule has 9 nitrogen and oxygen atoms in total. The fourth-order valence-electron chi connectivity index (χ4n) is 2.94. The van der Waals surface area contributed by atoms with E-state index >= 15 is 0 Å². The SMILES string of the molecule is O=C(NC[C@@H](c1cccnc1)S(=O)(=O)c1ccc2c(c1)OCO2)C(=O)NC1CC1. The summed E-state index contributed by atoms with van der Waals surface area (Å²) in [5, 5.41) is 3.87. The minimum Gasteiger partial charge on any atom is -0.454 e. The number of hydrogen-bond donors (Lipinski definition) is 2. The zero-order chi connectivity index (χ0) is 20.4. The zero-order valence-corrected chi connectivity index (χ0v) is 16.1. The third-order valence-electron chi connectivity index (χ3n) is 4.67. The topological polar surface area (TPSA) is 124 Å². The number of ether oxygens (including phenoxy) is 2. The Labute approximate surface area is 167 Å². The Morgan fingerprint density at radius 3 is 2.66 bits per heavy atom. The van der Waals surface area contributed by atoms with E-state index in [1.54, 1.807) is 12.1 Å². The lowest BCUT2D eigenvalue weighted by molar-refractivity contribution is -0.139. The molecule has 0 bridgehead atoms. The molecule has 1 saturated carbocycles. The largest absolute Gasteiger partial charge is 0.454 e. The maximum atomic E-state index is 13.3. The summed E-state index contributed by atoms with van der Waals surface area (Å²) in [7, 11) is -3.93. The van der Waals surface area contributed by atoms with Crippen LogP contribution in [0.4, 0.5) is 0 Å². The van der Waals surface area contributed by atoms with Crippen LogP contribution in [0, 0.1) is 0 Å². The van der Waals surface area contributed by atoms with E-state index in [0.29, 0.717) is 17.1 Å². The van der Waals surface area contributed by atoms with Crippen LogP contribution in [0.5, 0.6) is 11.5 Å². The van der Waals surface area contributed by atoms with Gasteiger partial charge in [0, 0.05) is 31.0 Å². The summed E-state index contributed by atoms with van der Waals surface area (Å²) in [6, 6.07) is 7.59. The summed E-state index contributed by atoms with van der Waals surface area (Å²) in [4.78, 5) is 28.0. The second-order valence-electron chi connectivity index (χ2n) is 6.79. The van der Waals surface area contributed by atoms with E-state index in [0.717, 1.165) is 12.8 Å². The van der Waals surface area contributed by atoms with Crippen LogP contribution in [0.3, 0.4) is 0 Å². The van der Waals surface area contributed by atoms with Gasteiger partial charge in [0.05, 0.1) is 4.90 Å². The van der Waals surface area contributed by atoms with E-state index in [4.69, 9.17) is 9.47 Å². The molecule has 152 valence electrons. The molecule has 0 unspecified atom stereocenters. The van der Waals surface area contributed by atoms with Crippen molar-refractivity contribution >= 4 is 21.7 Å². The molecule has 29 heavy (non-hydrogen) atoms. The van der Waals surface area contributed by atoms with Gasteiger partial charge in [-0.3, -0.25) is 14.6 Å². The molecule has 0 spiro atoms. The number of rotatable bonds is 6. The van der Waals surface area contributed by atoms with Crippen molar-refractivity contribution in [2.75, 3.05) is 13.3 Å². The molecule has 2 aromatic rings. The zero-order valence-electron chi connectivity index (χ0n) is 15.3. The number of pyridine rings is 1. The predicted octanol–water partition coefficient (Wildman–Crippen LogP) is 0.720. The van der Waals surface area contributed by atoms with Gasteiger partial charge in [0.25, 0.3) is 0 Å². The van der Waals surface area contributed by atoms with Crippen molar-refractivity contribution in [3.63, 3.8) is 0 Å². The van der Waals surface area contributed by atoms with E-state index in [-0.39, 0.29) is 24.3 Å². The maximum absolute atomic E-state index is 13.3. The number of amides is 2. The summed E-state index contributed by atoms with van der Waals surface area (Å²) in [5.74, 6) is -0.833. The van der Waals surface area contributed by atoms with Crippen molar-refractivity contribution < 1.29 is 27.5 Å². The van der Waals surface area contributed by atoms with Gasteiger partial charge in [0.1, 0.15) is 5.25 Å². The lowest BCUT2D eigenvalue weighted by Gasteiger charge is -2.19. The average molecular weight is 417 g/mol. The molecule has 2 aliphatic rings. The first kappa shape index (κ1) is 19.2. The molecule has 1 fully saturated rings. The van der Waals surface area contributed by atoms with Crippen molar-refractivity contribution in [3.8, 4) is 11.5 Å². The van der Waals surface area contributed by atoms with E-state index < -0.39 is 26.9 Å². The van der Waals surface area contributed by atoms with Crippen LogP contribution in [0.2, 0.25) is 0 Å². The summed E-state index contributed by atoms with van der Waals surface area (Å²) < 4.78 is 37.1. The lowest BCUT2D eigenvalue weighted by atomic mass is 10.2. The normalized spacial score (nSPS) is 16.1. The van der Waals surface area contributed by atoms with E-state index in [1.807, 2.05) is 0 Å². The number of carbonyl (C=O) groups excluding carboxylic acids is 2. The number of nitrogens with one attached hydrogen (secondary N) is 2. The minimum absolute atomic E-state index is 0.0206. The number of aromatic nitrogens is 1. The van der Waals surface area contributed by atoms with E-state index in [9.17, 15) is 18.0 Å². The Morgan fingerprint density at radius 1 is 1.14 bits per heavy atom. The van der Waals surface area contributed by atoms with E-state index in [1.165, 1.54) is 30.6 Å². The fraction of sp³-hybridized carbons (Fsp3) is 0.316. The predicted molar refractivity (Wildman–Crippen MR) is 101 cm³/mol. The van der Waals surface area contributed by atoms with Crippen LogP contribution in [-0.2, 0) is 19.4 Å². The summed E-state index contributed by atoms with van der Waals surface area (Å²) in [6.07, 6.45) is 4.63. The Bertz CT molecular complexity index is 1040.